The van der Waals surface area contributed by atoms with Gasteiger partial charge in [-0.25, -0.2) is 19.6 Å². The molecule has 1 unspecified atom stereocenters. The third-order valence-corrected chi connectivity index (χ3v) is 6.22. The highest BCUT2D eigenvalue weighted by molar-refractivity contribution is 5.77. The molecule has 4 rings (SSSR count). The minimum Gasteiger partial charge on any atom is -0.497 e. The number of hydrogen-bond donors (Lipinski definition) is 0. The highest BCUT2D eigenvalue weighted by Gasteiger charge is 2.54. The Hall–Kier alpha value is -2.78. The molecule has 0 aromatic heterocycles. The van der Waals surface area contributed by atoms with Crippen LogP contribution in [0.5, 0.6) is 5.75 Å². The molecule has 9 heteroatoms. The Morgan fingerprint density at radius 2 is 1.64 bits per heavy atom. The van der Waals surface area contributed by atoms with Crippen molar-refractivity contribution in [3.63, 3.8) is 0 Å². The molecule has 2 bridgehead atoms. The molecule has 0 N–H and O–H groups in total. The van der Waals surface area contributed by atoms with E-state index in [-0.39, 0.29) is 37.7 Å². The van der Waals surface area contributed by atoms with E-state index in [0.717, 1.165) is 42.6 Å². The van der Waals surface area contributed by atoms with E-state index in [1.807, 2.05) is 24.3 Å². The molecule has 33 heavy (non-hydrogen) atoms. The van der Waals surface area contributed by atoms with Crippen LogP contribution in [0.1, 0.15) is 51.4 Å². The quantitative estimate of drug-likeness (QED) is 0.564. The van der Waals surface area contributed by atoms with E-state index in [2.05, 4.69) is 6.08 Å². The zero-order valence-electron chi connectivity index (χ0n) is 19.4. The van der Waals surface area contributed by atoms with Crippen LogP contribution in [0.2, 0.25) is 0 Å². The van der Waals surface area contributed by atoms with E-state index in [1.165, 1.54) is 10.0 Å². The molecule has 2 saturated heterocycles. The highest BCUT2D eigenvalue weighted by atomic mass is 16.7. The van der Waals surface area contributed by atoms with Gasteiger partial charge in [0.2, 0.25) is 0 Å². The molecule has 1 aromatic carbocycles. The molecule has 3 aliphatic rings. The summed E-state index contributed by atoms with van der Waals surface area (Å²) in [5, 5.41) is 2.85. The molecular weight excluding hydrogens is 428 g/mol. The van der Waals surface area contributed by atoms with Crippen molar-refractivity contribution < 1.29 is 33.3 Å². The minimum atomic E-state index is -0.515. The van der Waals surface area contributed by atoms with Crippen LogP contribution in [0.3, 0.4) is 0 Å². The lowest BCUT2D eigenvalue weighted by atomic mass is 10.1. The van der Waals surface area contributed by atoms with E-state index in [4.69, 9.17) is 23.7 Å². The molecule has 4 atom stereocenters. The van der Waals surface area contributed by atoms with Crippen LogP contribution < -0.4 is 4.74 Å². The number of allylic oxidation sites excluding steroid dienone is 1. The fraction of sp³-hybridized carbons (Fsp3) is 0.583. The predicted octanol–water partition coefficient (Wildman–Crippen LogP) is 4.19. The van der Waals surface area contributed by atoms with Crippen LogP contribution in [0.15, 0.2) is 35.9 Å². The molecule has 2 heterocycles. The van der Waals surface area contributed by atoms with Gasteiger partial charge in [0.1, 0.15) is 5.75 Å². The van der Waals surface area contributed by atoms with Gasteiger partial charge in [-0.05, 0) is 57.2 Å². The lowest BCUT2D eigenvalue weighted by Crippen LogP contribution is -2.53. The number of hydrazine groups is 1. The number of nitrogens with zero attached hydrogens (tertiary/aromatic N) is 2. The Labute approximate surface area is 194 Å². The Bertz CT molecular complexity index is 838. The maximum Gasteiger partial charge on any atom is 0.429 e. The first-order chi connectivity index (χ1) is 16.1. The second-order valence-corrected chi connectivity index (χ2v) is 8.17. The molecule has 1 aliphatic carbocycles. The number of amides is 2. The fourth-order valence-electron chi connectivity index (χ4n) is 4.75. The molecule has 2 amide bonds. The van der Waals surface area contributed by atoms with Gasteiger partial charge in [0, 0.05) is 5.56 Å². The predicted molar refractivity (Wildman–Crippen MR) is 118 cm³/mol. The van der Waals surface area contributed by atoms with E-state index in [1.54, 1.807) is 21.0 Å². The third-order valence-electron chi connectivity index (χ3n) is 6.22. The summed E-state index contributed by atoms with van der Waals surface area (Å²) < 4.78 is 27.5. The lowest BCUT2D eigenvalue weighted by Gasteiger charge is -2.35. The van der Waals surface area contributed by atoms with Crippen LogP contribution >= 0.6 is 0 Å². The number of rotatable bonds is 7. The molecule has 2 aliphatic heterocycles. The fourth-order valence-corrected chi connectivity index (χ4v) is 4.75. The van der Waals surface area contributed by atoms with Crippen LogP contribution in [0, 0.1) is 0 Å². The SMILES string of the molecule is CCOC(=O)N1[C@@H]2CC[C@@H](C2=CCC[C@@H]2COC(c3ccc(OC)cc3)O2)N1C(=O)OCC. The van der Waals surface area contributed by atoms with Crippen LogP contribution in [-0.2, 0) is 18.9 Å². The minimum absolute atomic E-state index is 0.0182. The number of methoxy groups -OCH3 is 1. The van der Waals surface area contributed by atoms with Gasteiger partial charge in [-0.15, -0.1) is 0 Å². The molecule has 0 radical (unpaired) electrons. The van der Waals surface area contributed by atoms with Crippen molar-refractivity contribution in [3.8, 4) is 5.75 Å². The number of carbonyl (C=O) groups excluding carboxylic acids is 2. The van der Waals surface area contributed by atoms with Gasteiger partial charge in [-0.3, -0.25) is 0 Å². The molecule has 180 valence electrons. The maximum atomic E-state index is 12.6. The van der Waals surface area contributed by atoms with Crippen molar-refractivity contribution in [1.29, 1.82) is 0 Å². The number of fused-ring (bicyclic) bond motifs is 2. The summed E-state index contributed by atoms with van der Waals surface area (Å²) >= 11 is 0. The molecule has 3 fully saturated rings. The topological polar surface area (TPSA) is 86.8 Å². The van der Waals surface area contributed by atoms with E-state index >= 15 is 0 Å². The maximum absolute atomic E-state index is 12.6. The van der Waals surface area contributed by atoms with Gasteiger partial charge >= 0.3 is 12.2 Å². The van der Waals surface area contributed by atoms with Gasteiger partial charge in [-0.1, -0.05) is 18.2 Å². The Morgan fingerprint density at radius 1 is 1.03 bits per heavy atom. The number of benzene rings is 1. The van der Waals surface area contributed by atoms with Gasteiger partial charge in [0.05, 0.1) is 45.1 Å². The third kappa shape index (κ3) is 4.79. The zero-order chi connectivity index (χ0) is 23.4. The number of hydrogen-bond acceptors (Lipinski definition) is 7. The largest absolute Gasteiger partial charge is 0.497 e. The van der Waals surface area contributed by atoms with Crippen molar-refractivity contribution in [3.05, 3.63) is 41.5 Å². The molecule has 1 saturated carbocycles. The average Bonchev–Trinajstić information content (AvgIpc) is 3.53. The van der Waals surface area contributed by atoms with Gasteiger partial charge in [0.15, 0.2) is 6.29 Å². The molecular formula is C24H32N2O7. The first-order valence-corrected chi connectivity index (χ1v) is 11.6. The summed E-state index contributed by atoms with van der Waals surface area (Å²) in [7, 11) is 1.64. The van der Waals surface area contributed by atoms with Crippen molar-refractivity contribution in [1.82, 2.24) is 10.0 Å². The molecule has 0 spiro atoms. The number of carbonyl (C=O) groups is 2. The van der Waals surface area contributed by atoms with Crippen LogP contribution in [-0.4, -0.2) is 67.3 Å². The van der Waals surface area contributed by atoms with E-state index in [0.29, 0.717) is 6.61 Å². The Balaban J connectivity index is 1.37. The average molecular weight is 461 g/mol. The smallest absolute Gasteiger partial charge is 0.429 e. The standard InChI is InChI=1S/C24H32N2O7/c1-4-30-23(27)25-20-13-14-21(26(25)24(28)31-5-2)19(20)8-6-7-18-15-32-22(33-18)16-9-11-17(29-3)12-10-16/h8-12,18,20-22H,4-7,13-15H2,1-3H3/t18-,20-,21+,22?/m1/s1. The van der Waals surface area contributed by atoms with Crippen molar-refractivity contribution >= 4 is 12.2 Å². The van der Waals surface area contributed by atoms with E-state index < -0.39 is 12.2 Å². The highest BCUT2D eigenvalue weighted by Crippen LogP contribution is 2.43. The number of ether oxygens (including phenoxy) is 5. The normalized spacial score (nSPS) is 27.3. The first kappa shape index (κ1) is 23.4. The van der Waals surface area contributed by atoms with Gasteiger partial charge in [0.25, 0.3) is 0 Å². The van der Waals surface area contributed by atoms with Crippen molar-refractivity contribution in [2.24, 2.45) is 0 Å². The summed E-state index contributed by atoms with van der Waals surface area (Å²) in [6.45, 7) is 4.52. The van der Waals surface area contributed by atoms with E-state index in [9.17, 15) is 9.59 Å². The molecule has 9 nitrogen and oxygen atoms in total. The monoisotopic (exact) mass is 460 g/mol. The second-order valence-electron chi connectivity index (χ2n) is 8.17. The van der Waals surface area contributed by atoms with Crippen LogP contribution in [0.4, 0.5) is 9.59 Å². The lowest BCUT2D eigenvalue weighted by molar-refractivity contribution is -0.0609. The van der Waals surface area contributed by atoms with Crippen molar-refractivity contribution in [2.45, 2.75) is 64.0 Å². The van der Waals surface area contributed by atoms with Gasteiger partial charge in [-0.2, -0.15) is 0 Å². The summed E-state index contributed by atoms with van der Waals surface area (Å²) in [6.07, 6.45) is 3.86. The van der Waals surface area contributed by atoms with Gasteiger partial charge < -0.3 is 23.7 Å². The van der Waals surface area contributed by atoms with Crippen molar-refractivity contribution in [2.75, 3.05) is 26.9 Å². The zero-order valence-corrected chi connectivity index (χ0v) is 19.4. The summed E-state index contributed by atoms with van der Waals surface area (Å²) in [4.78, 5) is 25.2. The Kier molecular flexibility index (Phi) is 7.39. The first-order valence-electron chi connectivity index (χ1n) is 11.6. The summed E-state index contributed by atoms with van der Waals surface area (Å²) in [6, 6.07) is 7.31. The van der Waals surface area contributed by atoms with Crippen LogP contribution in [0.25, 0.3) is 0 Å². The second kappa shape index (κ2) is 10.4. The summed E-state index contributed by atoms with van der Waals surface area (Å²) in [5.41, 5.74) is 2.03. The molecule has 1 aromatic rings. The summed E-state index contributed by atoms with van der Waals surface area (Å²) in [5.74, 6) is 0.792. The Morgan fingerprint density at radius 3 is 2.18 bits per heavy atom.